The van der Waals surface area contributed by atoms with E-state index in [1.54, 1.807) is 0 Å². The summed E-state index contributed by atoms with van der Waals surface area (Å²) in [5.41, 5.74) is 4.67. The molecule has 1 aromatic heterocycles. The highest BCUT2D eigenvalue weighted by Gasteiger charge is 2.18. The molecular formula is C15H20N2O2. The highest BCUT2D eigenvalue weighted by molar-refractivity contribution is 5.40. The highest BCUT2D eigenvalue weighted by atomic mass is 16.5. The van der Waals surface area contributed by atoms with Crippen molar-refractivity contribution in [3.63, 3.8) is 0 Å². The molecule has 0 aliphatic rings. The maximum atomic E-state index is 9.40. The van der Waals surface area contributed by atoms with Crippen molar-refractivity contribution in [2.45, 2.75) is 40.4 Å². The Morgan fingerprint density at radius 3 is 2.47 bits per heavy atom. The van der Waals surface area contributed by atoms with Gasteiger partial charge in [-0.05, 0) is 38.8 Å². The molecule has 102 valence electrons. The molecule has 0 aliphatic heterocycles. The zero-order chi connectivity index (χ0) is 14.0. The molecule has 0 saturated carbocycles. The number of aliphatic hydroxyl groups is 1. The van der Waals surface area contributed by atoms with Crippen molar-refractivity contribution < 1.29 is 9.84 Å². The third kappa shape index (κ3) is 2.63. The van der Waals surface area contributed by atoms with Crippen LogP contribution in [0.4, 0.5) is 0 Å². The number of benzene rings is 1. The average Bonchev–Trinajstić information content (AvgIpc) is 2.75. The van der Waals surface area contributed by atoms with Gasteiger partial charge in [0.1, 0.15) is 17.5 Å². The van der Waals surface area contributed by atoms with Gasteiger partial charge in [0, 0.05) is 11.3 Å². The lowest BCUT2D eigenvalue weighted by atomic mass is 10.1. The fraction of sp³-hybridized carbons (Fsp3) is 0.400. The molecule has 2 rings (SSSR count). The molecule has 2 aromatic rings. The van der Waals surface area contributed by atoms with Crippen LogP contribution in [0.3, 0.4) is 0 Å². The largest absolute Gasteiger partial charge is 0.484 e. The first-order valence-corrected chi connectivity index (χ1v) is 6.42. The summed E-state index contributed by atoms with van der Waals surface area (Å²) in [5.74, 6) is 0.888. The van der Waals surface area contributed by atoms with E-state index in [0.717, 1.165) is 33.8 Å². The predicted molar refractivity (Wildman–Crippen MR) is 74.2 cm³/mol. The van der Waals surface area contributed by atoms with Crippen molar-refractivity contribution in [1.82, 2.24) is 10.2 Å². The molecule has 2 N–H and O–H groups in total. The van der Waals surface area contributed by atoms with Crippen LogP contribution in [0.5, 0.6) is 5.75 Å². The molecule has 0 fully saturated rings. The molecule has 0 spiro atoms. The van der Waals surface area contributed by atoms with Crippen LogP contribution in [-0.2, 0) is 6.61 Å². The number of H-pyrrole nitrogens is 1. The standard InChI is InChI=1S/C15H20N2O2/c1-9-6-5-7-10(2)15(9)19-12(4)14-13(8-18)11(3)16-17-14/h5-7,12,18H,8H2,1-4H3,(H,16,17). The van der Waals surface area contributed by atoms with Gasteiger partial charge in [-0.25, -0.2) is 0 Å². The van der Waals surface area contributed by atoms with Gasteiger partial charge in [0.25, 0.3) is 0 Å². The molecule has 1 atom stereocenters. The Kier molecular flexibility index (Phi) is 3.90. The number of nitrogens with one attached hydrogen (secondary N) is 1. The number of hydrogen-bond acceptors (Lipinski definition) is 3. The lowest BCUT2D eigenvalue weighted by Gasteiger charge is -2.17. The quantitative estimate of drug-likeness (QED) is 0.888. The van der Waals surface area contributed by atoms with Gasteiger partial charge in [-0.2, -0.15) is 5.10 Å². The smallest absolute Gasteiger partial charge is 0.140 e. The highest BCUT2D eigenvalue weighted by Crippen LogP contribution is 2.29. The Hall–Kier alpha value is -1.81. The van der Waals surface area contributed by atoms with Crippen LogP contribution >= 0.6 is 0 Å². The second kappa shape index (κ2) is 5.45. The van der Waals surface area contributed by atoms with Gasteiger partial charge in [-0.15, -0.1) is 0 Å². The van der Waals surface area contributed by atoms with Gasteiger partial charge in [-0.3, -0.25) is 5.10 Å². The number of aromatic amines is 1. The SMILES string of the molecule is Cc1cccc(C)c1OC(C)c1n[nH]c(C)c1CO. The van der Waals surface area contributed by atoms with Crippen LogP contribution in [0, 0.1) is 20.8 Å². The van der Waals surface area contributed by atoms with Crippen molar-refractivity contribution >= 4 is 0 Å². The third-order valence-electron chi connectivity index (χ3n) is 3.35. The van der Waals surface area contributed by atoms with Crippen molar-refractivity contribution in [3.05, 3.63) is 46.3 Å². The Morgan fingerprint density at radius 1 is 1.26 bits per heavy atom. The summed E-state index contributed by atoms with van der Waals surface area (Å²) in [4.78, 5) is 0. The molecule has 1 heterocycles. The van der Waals surface area contributed by atoms with Crippen molar-refractivity contribution in [1.29, 1.82) is 0 Å². The Balaban J connectivity index is 2.28. The lowest BCUT2D eigenvalue weighted by Crippen LogP contribution is -2.08. The van der Waals surface area contributed by atoms with E-state index in [1.807, 2.05) is 45.9 Å². The fourth-order valence-electron chi connectivity index (χ4n) is 2.22. The van der Waals surface area contributed by atoms with Crippen LogP contribution in [0.1, 0.15) is 41.1 Å². The van der Waals surface area contributed by atoms with Crippen LogP contribution in [0.15, 0.2) is 18.2 Å². The number of hydrogen-bond donors (Lipinski definition) is 2. The van der Waals surface area contributed by atoms with Gasteiger partial charge in [0.15, 0.2) is 0 Å². The second-order valence-corrected chi connectivity index (χ2v) is 4.85. The van der Waals surface area contributed by atoms with Crippen LogP contribution < -0.4 is 4.74 Å². The summed E-state index contributed by atoms with van der Waals surface area (Å²) < 4.78 is 6.02. The first-order chi connectivity index (χ1) is 9.04. The van der Waals surface area contributed by atoms with Crippen LogP contribution in [0.25, 0.3) is 0 Å². The molecule has 1 unspecified atom stereocenters. The minimum absolute atomic E-state index is 0.0296. The summed E-state index contributed by atoms with van der Waals surface area (Å²) in [5, 5.41) is 16.5. The zero-order valence-electron chi connectivity index (χ0n) is 11.8. The number of aryl methyl sites for hydroxylation is 3. The third-order valence-corrected chi connectivity index (χ3v) is 3.35. The zero-order valence-corrected chi connectivity index (χ0v) is 11.8. The maximum Gasteiger partial charge on any atom is 0.140 e. The molecule has 0 amide bonds. The van der Waals surface area contributed by atoms with E-state index in [-0.39, 0.29) is 12.7 Å². The van der Waals surface area contributed by atoms with Crippen molar-refractivity contribution in [3.8, 4) is 5.75 Å². The van der Waals surface area contributed by atoms with E-state index >= 15 is 0 Å². The Labute approximate surface area is 113 Å². The average molecular weight is 260 g/mol. The normalized spacial score (nSPS) is 12.5. The predicted octanol–water partition coefficient (Wildman–Crippen LogP) is 2.97. The first kappa shape index (κ1) is 13.6. The van der Waals surface area contributed by atoms with E-state index in [2.05, 4.69) is 10.2 Å². The minimum Gasteiger partial charge on any atom is -0.484 e. The summed E-state index contributed by atoms with van der Waals surface area (Å²) >= 11 is 0. The van der Waals surface area contributed by atoms with E-state index in [4.69, 9.17) is 4.74 Å². The maximum absolute atomic E-state index is 9.40. The van der Waals surface area contributed by atoms with Crippen molar-refractivity contribution in [2.75, 3.05) is 0 Å². The molecule has 4 heteroatoms. The van der Waals surface area contributed by atoms with Crippen LogP contribution in [0.2, 0.25) is 0 Å². The van der Waals surface area contributed by atoms with E-state index in [1.165, 1.54) is 0 Å². The number of aliphatic hydroxyl groups excluding tert-OH is 1. The Bertz CT molecular complexity index is 555. The molecule has 19 heavy (non-hydrogen) atoms. The minimum atomic E-state index is -0.202. The van der Waals surface area contributed by atoms with Gasteiger partial charge in [0.05, 0.1) is 6.61 Å². The molecular weight excluding hydrogens is 240 g/mol. The summed E-state index contributed by atoms with van der Waals surface area (Å²) in [7, 11) is 0. The van der Waals surface area contributed by atoms with Gasteiger partial charge in [-0.1, -0.05) is 18.2 Å². The molecule has 0 aliphatic carbocycles. The van der Waals surface area contributed by atoms with Gasteiger partial charge < -0.3 is 9.84 Å². The van der Waals surface area contributed by atoms with E-state index < -0.39 is 0 Å². The van der Waals surface area contributed by atoms with E-state index in [0.29, 0.717) is 0 Å². The summed E-state index contributed by atoms with van der Waals surface area (Å²) in [6, 6.07) is 6.07. The molecule has 1 aromatic carbocycles. The molecule has 0 bridgehead atoms. The number of nitrogens with zero attached hydrogens (tertiary/aromatic N) is 1. The molecule has 4 nitrogen and oxygen atoms in total. The summed E-state index contributed by atoms with van der Waals surface area (Å²) in [6.07, 6.45) is -0.202. The fourth-order valence-corrected chi connectivity index (χ4v) is 2.22. The van der Waals surface area contributed by atoms with Crippen molar-refractivity contribution in [2.24, 2.45) is 0 Å². The molecule has 0 radical (unpaired) electrons. The molecule has 0 saturated heterocycles. The first-order valence-electron chi connectivity index (χ1n) is 6.42. The monoisotopic (exact) mass is 260 g/mol. The lowest BCUT2D eigenvalue weighted by molar-refractivity contribution is 0.211. The van der Waals surface area contributed by atoms with Gasteiger partial charge in [0.2, 0.25) is 0 Å². The number of rotatable bonds is 4. The van der Waals surface area contributed by atoms with E-state index in [9.17, 15) is 5.11 Å². The Morgan fingerprint density at radius 2 is 1.89 bits per heavy atom. The second-order valence-electron chi connectivity index (χ2n) is 4.85. The number of para-hydroxylation sites is 1. The topological polar surface area (TPSA) is 58.1 Å². The number of ether oxygens (including phenoxy) is 1. The van der Waals surface area contributed by atoms with Gasteiger partial charge >= 0.3 is 0 Å². The van der Waals surface area contributed by atoms with Crippen LogP contribution in [-0.4, -0.2) is 15.3 Å². The number of aromatic nitrogens is 2. The summed E-state index contributed by atoms with van der Waals surface area (Å²) in [6.45, 7) is 7.86.